The molecule has 0 saturated heterocycles. The molecule has 0 amide bonds. The molecule has 0 aliphatic carbocycles. The van der Waals surface area contributed by atoms with E-state index in [2.05, 4.69) is 187 Å². The lowest BCUT2D eigenvalue weighted by Crippen LogP contribution is -2.57. The van der Waals surface area contributed by atoms with Crippen LogP contribution in [0.2, 0.25) is 0 Å². The van der Waals surface area contributed by atoms with Gasteiger partial charge in [-0.05, 0) is 78.3 Å². The molecule has 238 valence electrons. The Balaban J connectivity index is 1.09. The van der Waals surface area contributed by atoms with Gasteiger partial charge in [0.1, 0.15) is 0 Å². The minimum absolute atomic E-state index is 0.109. The van der Waals surface area contributed by atoms with Crippen molar-refractivity contribution in [3.05, 3.63) is 182 Å². The molecular weight excluding hydrogens is 625 g/mol. The van der Waals surface area contributed by atoms with E-state index in [1.807, 2.05) is 0 Å². The molecule has 0 atom stereocenters. The summed E-state index contributed by atoms with van der Waals surface area (Å²) in [4.78, 5) is 2.65. The second kappa shape index (κ2) is 10.4. The molecule has 2 heteroatoms. The first-order valence-corrected chi connectivity index (χ1v) is 18.2. The van der Waals surface area contributed by atoms with Crippen molar-refractivity contribution in [2.75, 3.05) is 4.90 Å². The summed E-state index contributed by atoms with van der Waals surface area (Å²) < 4.78 is 0. The average molecular weight is 656 g/mol. The van der Waals surface area contributed by atoms with Crippen LogP contribution in [0.3, 0.4) is 0 Å². The molecule has 0 fully saturated rings. The molecule has 9 aromatic carbocycles. The van der Waals surface area contributed by atoms with E-state index in [1.165, 1.54) is 111 Å². The smallest absolute Gasteiger partial charge is 0.246 e. The maximum atomic E-state index is 2.65. The van der Waals surface area contributed by atoms with Gasteiger partial charge in [-0.2, -0.15) is 0 Å². The molecule has 52 heavy (non-hydrogen) atoms. The third-order valence-corrected chi connectivity index (χ3v) is 11.8. The minimum Gasteiger partial charge on any atom is -0.309 e. The summed E-state index contributed by atoms with van der Waals surface area (Å²) in [6.45, 7) is 0.109. The van der Waals surface area contributed by atoms with E-state index < -0.39 is 0 Å². The molecule has 12 rings (SSSR count). The average Bonchev–Trinajstić information content (AvgIpc) is 3.22. The highest BCUT2D eigenvalue weighted by Crippen LogP contribution is 2.60. The Morgan fingerprint density at radius 2 is 0.750 bits per heavy atom. The topological polar surface area (TPSA) is 3.24 Å². The van der Waals surface area contributed by atoms with Gasteiger partial charge in [-0.1, -0.05) is 175 Å². The number of hydrogen-bond donors (Lipinski definition) is 0. The van der Waals surface area contributed by atoms with Gasteiger partial charge in [-0.3, -0.25) is 0 Å². The molecule has 0 saturated carbocycles. The number of nitrogens with zero attached hydrogens (tertiary/aromatic N) is 1. The third-order valence-electron chi connectivity index (χ3n) is 11.8. The van der Waals surface area contributed by atoms with Crippen molar-refractivity contribution in [1.82, 2.24) is 0 Å². The van der Waals surface area contributed by atoms with Crippen molar-refractivity contribution in [2.24, 2.45) is 0 Å². The molecule has 0 aromatic heterocycles. The maximum absolute atomic E-state index is 2.65. The van der Waals surface area contributed by atoms with Crippen molar-refractivity contribution in [3.8, 4) is 55.6 Å². The van der Waals surface area contributed by atoms with E-state index in [9.17, 15) is 0 Å². The molecule has 0 bridgehead atoms. The van der Waals surface area contributed by atoms with Gasteiger partial charge in [0.15, 0.2) is 0 Å². The highest BCUT2D eigenvalue weighted by Gasteiger charge is 2.43. The van der Waals surface area contributed by atoms with Crippen molar-refractivity contribution in [3.63, 3.8) is 0 Å². The second-order valence-electron chi connectivity index (χ2n) is 14.4. The van der Waals surface area contributed by atoms with Gasteiger partial charge < -0.3 is 4.90 Å². The number of hydrogen-bond acceptors (Lipinski definition) is 1. The van der Waals surface area contributed by atoms with Crippen LogP contribution >= 0.6 is 0 Å². The van der Waals surface area contributed by atoms with Crippen LogP contribution in [0.1, 0.15) is 0 Å². The molecule has 0 unspecified atom stereocenters. The first kappa shape index (κ1) is 28.1. The van der Waals surface area contributed by atoms with Gasteiger partial charge in [0.05, 0.1) is 5.69 Å². The Bertz CT molecular complexity index is 2810. The van der Waals surface area contributed by atoms with Gasteiger partial charge in [0.25, 0.3) is 0 Å². The van der Waals surface area contributed by atoms with E-state index in [4.69, 9.17) is 0 Å². The highest BCUT2D eigenvalue weighted by atomic mass is 15.2. The summed E-state index contributed by atoms with van der Waals surface area (Å²) in [5.74, 6) is 0. The van der Waals surface area contributed by atoms with Crippen LogP contribution in [0.25, 0.3) is 77.2 Å². The predicted molar refractivity (Wildman–Crippen MR) is 222 cm³/mol. The summed E-state index contributed by atoms with van der Waals surface area (Å²) in [6, 6.07) is 67.9. The Morgan fingerprint density at radius 3 is 1.25 bits per heavy atom. The van der Waals surface area contributed by atoms with Gasteiger partial charge in [0.2, 0.25) is 6.71 Å². The van der Waals surface area contributed by atoms with Crippen LogP contribution in [0, 0.1) is 0 Å². The highest BCUT2D eigenvalue weighted by molar-refractivity contribution is 6.98. The summed E-state index contributed by atoms with van der Waals surface area (Å²) in [7, 11) is 0. The number of benzene rings is 9. The molecule has 3 aliphatic rings. The molecule has 3 aliphatic heterocycles. The van der Waals surface area contributed by atoms with Gasteiger partial charge >= 0.3 is 0 Å². The predicted octanol–water partition coefficient (Wildman–Crippen LogP) is 11.3. The van der Waals surface area contributed by atoms with Crippen LogP contribution in [0.5, 0.6) is 0 Å². The first-order valence-electron chi connectivity index (χ1n) is 18.2. The molecule has 1 nitrogen and oxygen atoms in total. The quantitative estimate of drug-likeness (QED) is 0.171. The summed E-state index contributed by atoms with van der Waals surface area (Å²) >= 11 is 0. The monoisotopic (exact) mass is 655 g/mol. The van der Waals surface area contributed by atoms with E-state index in [0.717, 1.165) is 0 Å². The van der Waals surface area contributed by atoms with Gasteiger partial charge in [0, 0.05) is 33.3 Å². The summed E-state index contributed by atoms with van der Waals surface area (Å²) in [5, 5.41) is 5.28. The number of fused-ring (bicyclic) bond motifs is 2. The lowest BCUT2D eigenvalue weighted by Gasteiger charge is -2.45. The fraction of sp³-hybridized carbons (Fsp3) is 0. The second-order valence-corrected chi connectivity index (χ2v) is 14.4. The van der Waals surface area contributed by atoms with Crippen molar-refractivity contribution in [1.29, 1.82) is 0 Å². The zero-order valence-electron chi connectivity index (χ0n) is 28.3. The van der Waals surface area contributed by atoms with Crippen molar-refractivity contribution in [2.45, 2.75) is 0 Å². The normalized spacial score (nSPS) is 12.9. The van der Waals surface area contributed by atoms with E-state index in [0.29, 0.717) is 0 Å². The zero-order chi connectivity index (χ0) is 33.9. The first-order chi connectivity index (χ1) is 25.8. The number of anilines is 3. The Kier molecular flexibility index (Phi) is 5.65. The molecular formula is C50H30BN. The van der Waals surface area contributed by atoms with Crippen molar-refractivity contribution >= 4 is 61.7 Å². The van der Waals surface area contributed by atoms with Crippen LogP contribution in [-0.4, -0.2) is 6.71 Å². The van der Waals surface area contributed by atoms with E-state index in [-0.39, 0.29) is 6.71 Å². The Labute approximate surface area is 303 Å². The molecule has 9 aromatic rings. The number of rotatable bonds is 4. The lowest BCUT2D eigenvalue weighted by atomic mass is 9.34. The molecule has 0 spiro atoms. The van der Waals surface area contributed by atoms with Crippen LogP contribution in [0.4, 0.5) is 17.1 Å². The van der Waals surface area contributed by atoms with Crippen molar-refractivity contribution < 1.29 is 0 Å². The Hall–Kier alpha value is -6.64. The molecule has 3 heterocycles. The van der Waals surface area contributed by atoms with E-state index >= 15 is 0 Å². The fourth-order valence-corrected chi connectivity index (χ4v) is 9.45. The van der Waals surface area contributed by atoms with Crippen LogP contribution < -0.4 is 21.3 Å². The van der Waals surface area contributed by atoms with Crippen LogP contribution in [-0.2, 0) is 0 Å². The van der Waals surface area contributed by atoms with Gasteiger partial charge in [-0.25, -0.2) is 0 Å². The molecule has 0 N–H and O–H groups in total. The SMILES string of the molecule is c1ccc(-c2ccc(-c3ccc(B4c5ccc6cccc7c6c5N5c6c-7cc(-c7ccccc7)cc6-c6cccc7ccc4c5c67)cc3)cc2)cc1. The molecule has 0 radical (unpaired) electrons. The Morgan fingerprint density at radius 1 is 0.308 bits per heavy atom. The summed E-state index contributed by atoms with van der Waals surface area (Å²) in [6.07, 6.45) is 0. The van der Waals surface area contributed by atoms with Gasteiger partial charge in [-0.15, -0.1) is 0 Å². The zero-order valence-corrected chi connectivity index (χ0v) is 28.3. The lowest BCUT2D eigenvalue weighted by molar-refractivity contribution is 1.29. The summed E-state index contributed by atoms with van der Waals surface area (Å²) in [5.41, 5.74) is 20.8. The standard InChI is InChI=1S/C50H30BN/c1-3-9-31(10-4-1)33-17-19-34(20-18-33)35-21-25-39(26-22-35)51-44-27-23-36-13-7-15-40-42-29-38(32-11-5-2-6-12-32)30-43-41-16-8-14-37-24-28-45(51)50(47(37)41)52(48(42)43)49(44)46(36)40/h1-30H. The van der Waals surface area contributed by atoms with E-state index in [1.54, 1.807) is 0 Å². The minimum atomic E-state index is 0.109. The largest absolute Gasteiger partial charge is 0.309 e. The van der Waals surface area contributed by atoms with Crippen LogP contribution in [0.15, 0.2) is 182 Å². The maximum Gasteiger partial charge on any atom is 0.246 e. The third kappa shape index (κ3) is 3.79. The fourth-order valence-electron chi connectivity index (χ4n) is 9.45.